The summed E-state index contributed by atoms with van der Waals surface area (Å²) in [5.74, 6) is 1.87. The summed E-state index contributed by atoms with van der Waals surface area (Å²) in [6.07, 6.45) is 0. The van der Waals surface area contributed by atoms with Crippen molar-refractivity contribution in [3.63, 3.8) is 0 Å². The topological polar surface area (TPSA) is 51.8 Å². The van der Waals surface area contributed by atoms with Gasteiger partial charge in [-0.1, -0.05) is 127 Å². The van der Waals surface area contributed by atoms with Crippen LogP contribution >= 0.6 is 0 Å². The van der Waals surface area contributed by atoms with Crippen molar-refractivity contribution in [2.24, 2.45) is 0 Å². The summed E-state index contributed by atoms with van der Waals surface area (Å²) in [6, 6.07) is 52.9. The molecule has 0 aliphatic heterocycles. The first-order valence-electron chi connectivity index (χ1n) is 15.8. The molecule has 10 aromatic rings. The van der Waals surface area contributed by atoms with Gasteiger partial charge in [-0.05, 0) is 67.4 Å². The van der Waals surface area contributed by atoms with E-state index in [1.165, 1.54) is 37.7 Å². The average Bonchev–Trinajstić information content (AvgIpc) is 3.53. The van der Waals surface area contributed by atoms with Gasteiger partial charge < -0.3 is 4.42 Å². The zero-order valence-corrected chi connectivity index (χ0v) is 25.2. The summed E-state index contributed by atoms with van der Waals surface area (Å²) in [5, 5.41) is 11.6. The molecule has 0 fully saturated rings. The van der Waals surface area contributed by atoms with E-state index in [1.54, 1.807) is 0 Å². The fourth-order valence-electron chi connectivity index (χ4n) is 7.01. The van der Waals surface area contributed by atoms with Gasteiger partial charge in [-0.15, -0.1) is 0 Å². The van der Waals surface area contributed by atoms with Crippen LogP contribution in [0.1, 0.15) is 0 Å². The molecule has 10 rings (SSSR count). The minimum atomic E-state index is 0.610. The van der Waals surface area contributed by atoms with Crippen LogP contribution in [0.3, 0.4) is 0 Å². The number of furan rings is 1. The summed E-state index contributed by atoms with van der Waals surface area (Å²) in [6.45, 7) is 0. The Kier molecular flexibility index (Phi) is 5.54. The van der Waals surface area contributed by atoms with E-state index < -0.39 is 0 Å². The van der Waals surface area contributed by atoms with Crippen molar-refractivity contribution in [3.8, 4) is 34.2 Å². The first-order chi connectivity index (χ1) is 23.3. The first-order valence-corrected chi connectivity index (χ1v) is 15.8. The van der Waals surface area contributed by atoms with E-state index in [-0.39, 0.29) is 0 Å². The lowest BCUT2D eigenvalue weighted by Crippen LogP contribution is -2.00. The second kappa shape index (κ2) is 10.1. The highest BCUT2D eigenvalue weighted by atomic mass is 16.3. The van der Waals surface area contributed by atoms with Crippen LogP contribution in [-0.4, -0.2) is 15.0 Å². The summed E-state index contributed by atoms with van der Waals surface area (Å²) in [5.41, 5.74) is 4.44. The normalized spacial score (nSPS) is 11.8. The van der Waals surface area contributed by atoms with Gasteiger partial charge in [-0.25, -0.2) is 15.0 Å². The van der Waals surface area contributed by atoms with E-state index in [1.807, 2.05) is 30.3 Å². The monoisotopic (exact) mass is 599 g/mol. The van der Waals surface area contributed by atoms with Crippen molar-refractivity contribution >= 4 is 65.0 Å². The van der Waals surface area contributed by atoms with E-state index >= 15 is 0 Å². The van der Waals surface area contributed by atoms with Crippen molar-refractivity contribution < 1.29 is 4.42 Å². The van der Waals surface area contributed by atoms with Crippen molar-refractivity contribution in [3.05, 3.63) is 152 Å². The van der Waals surface area contributed by atoms with Gasteiger partial charge in [0.25, 0.3) is 0 Å². The highest BCUT2D eigenvalue weighted by molar-refractivity contribution is 6.12. The molecule has 4 heteroatoms. The Hall–Kier alpha value is -6.39. The highest BCUT2D eigenvalue weighted by Gasteiger charge is 2.18. The molecule has 0 amide bonds. The molecule has 218 valence electrons. The average molecular weight is 600 g/mol. The SMILES string of the molecule is c1ccc2c(c1)ccc1cc(-c3nc(-c4ccc5ccc6ccccc6c5c4)nc(-c4cccc5oc6ccccc6c45)n3)ccc12. The maximum Gasteiger partial charge on any atom is 0.164 e. The van der Waals surface area contributed by atoms with Crippen LogP contribution in [0, 0.1) is 0 Å². The molecule has 0 radical (unpaired) electrons. The molecule has 2 heterocycles. The molecule has 8 aromatic carbocycles. The number of fused-ring (bicyclic) bond motifs is 9. The van der Waals surface area contributed by atoms with Gasteiger partial charge in [0.15, 0.2) is 17.5 Å². The molecule has 0 N–H and O–H groups in total. The van der Waals surface area contributed by atoms with Crippen LogP contribution in [0.15, 0.2) is 156 Å². The lowest BCUT2D eigenvalue weighted by Gasteiger charge is -2.11. The smallest absolute Gasteiger partial charge is 0.164 e. The van der Waals surface area contributed by atoms with Crippen LogP contribution in [0.25, 0.3) is 99.2 Å². The number of para-hydroxylation sites is 1. The van der Waals surface area contributed by atoms with E-state index in [4.69, 9.17) is 19.4 Å². The fraction of sp³-hybridized carbons (Fsp3) is 0. The third-order valence-corrected chi connectivity index (χ3v) is 9.29. The van der Waals surface area contributed by atoms with Crippen molar-refractivity contribution in [2.75, 3.05) is 0 Å². The van der Waals surface area contributed by atoms with E-state index in [2.05, 4.69) is 121 Å². The summed E-state index contributed by atoms with van der Waals surface area (Å²) < 4.78 is 6.25. The number of benzene rings is 8. The number of nitrogens with zero attached hydrogens (tertiary/aromatic N) is 3. The number of aromatic nitrogens is 3. The second-order valence-corrected chi connectivity index (χ2v) is 12.0. The maximum atomic E-state index is 6.25. The Bertz CT molecular complexity index is 2870. The minimum absolute atomic E-state index is 0.610. The molecule has 0 unspecified atom stereocenters. The highest BCUT2D eigenvalue weighted by Crippen LogP contribution is 2.37. The van der Waals surface area contributed by atoms with Gasteiger partial charge in [0.2, 0.25) is 0 Å². The van der Waals surface area contributed by atoms with Crippen LogP contribution in [0.5, 0.6) is 0 Å². The largest absolute Gasteiger partial charge is 0.456 e. The standard InChI is InChI=1S/C43H25N3O/c1-3-10-32-26(8-1)18-20-29-24-30(22-23-34(29)32)41-44-42(31-21-19-28-17-16-27-9-2-4-11-33(27)37(28)25-31)46-43(45-41)36-13-7-15-39-40(36)35-12-5-6-14-38(35)47-39/h1-25H. The zero-order chi connectivity index (χ0) is 30.9. The molecule has 0 atom stereocenters. The Morgan fingerprint density at radius 3 is 1.66 bits per heavy atom. The summed E-state index contributed by atoms with van der Waals surface area (Å²) in [4.78, 5) is 15.5. The summed E-state index contributed by atoms with van der Waals surface area (Å²) in [7, 11) is 0. The molecule has 0 aliphatic carbocycles. The third kappa shape index (κ3) is 4.12. The first kappa shape index (κ1) is 25.9. The number of hydrogen-bond donors (Lipinski definition) is 0. The molecule has 47 heavy (non-hydrogen) atoms. The molecule has 2 aromatic heterocycles. The molecule has 0 spiro atoms. The summed E-state index contributed by atoms with van der Waals surface area (Å²) >= 11 is 0. The quantitative estimate of drug-likeness (QED) is 0.190. The molecule has 0 bridgehead atoms. The van der Waals surface area contributed by atoms with Crippen LogP contribution in [-0.2, 0) is 0 Å². The Labute approximate surface area is 269 Å². The van der Waals surface area contributed by atoms with Gasteiger partial charge in [-0.2, -0.15) is 0 Å². The molecule has 0 saturated carbocycles. The van der Waals surface area contributed by atoms with Crippen molar-refractivity contribution in [1.82, 2.24) is 15.0 Å². The lowest BCUT2D eigenvalue weighted by atomic mass is 9.99. The van der Waals surface area contributed by atoms with Gasteiger partial charge >= 0.3 is 0 Å². The fourth-order valence-corrected chi connectivity index (χ4v) is 7.01. The van der Waals surface area contributed by atoms with Gasteiger partial charge in [0, 0.05) is 27.5 Å². The Morgan fingerprint density at radius 1 is 0.340 bits per heavy atom. The van der Waals surface area contributed by atoms with E-state index in [0.29, 0.717) is 17.5 Å². The molecular weight excluding hydrogens is 574 g/mol. The van der Waals surface area contributed by atoms with Crippen LogP contribution in [0.2, 0.25) is 0 Å². The predicted octanol–water partition coefficient (Wildman–Crippen LogP) is 11.4. The Balaban J connectivity index is 1.24. The van der Waals surface area contributed by atoms with Crippen LogP contribution < -0.4 is 0 Å². The lowest BCUT2D eigenvalue weighted by molar-refractivity contribution is 0.669. The second-order valence-electron chi connectivity index (χ2n) is 12.0. The minimum Gasteiger partial charge on any atom is -0.456 e. The molecule has 4 nitrogen and oxygen atoms in total. The molecular formula is C43H25N3O. The zero-order valence-electron chi connectivity index (χ0n) is 25.2. The van der Waals surface area contributed by atoms with Crippen molar-refractivity contribution in [1.29, 1.82) is 0 Å². The number of rotatable bonds is 3. The van der Waals surface area contributed by atoms with E-state index in [0.717, 1.165) is 44.0 Å². The van der Waals surface area contributed by atoms with E-state index in [9.17, 15) is 0 Å². The third-order valence-electron chi connectivity index (χ3n) is 9.29. The number of hydrogen-bond acceptors (Lipinski definition) is 4. The van der Waals surface area contributed by atoms with Crippen LogP contribution in [0.4, 0.5) is 0 Å². The van der Waals surface area contributed by atoms with Gasteiger partial charge in [0.05, 0.1) is 0 Å². The maximum absolute atomic E-state index is 6.25. The predicted molar refractivity (Wildman–Crippen MR) is 193 cm³/mol. The molecule has 0 aliphatic rings. The van der Waals surface area contributed by atoms with Gasteiger partial charge in [-0.3, -0.25) is 0 Å². The van der Waals surface area contributed by atoms with Gasteiger partial charge in [0.1, 0.15) is 11.2 Å². The Morgan fingerprint density at radius 2 is 0.872 bits per heavy atom. The molecule has 0 saturated heterocycles. The van der Waals surface area contributed by atoms with Crippen molar-refractivity contribution in [2.45, 2.75) is 0 Å².